The van der Waals surface area contributed by atoms with E-state index in [1.807, 2.05) is 30.3 Å². The maximum Gasteiger partial charge on any atom is 0.304 e. The van der Waals surface area contributed by atoms with Gasteiger partial charge in [-0.15, -0.1) is 0 Å². The van der Waals surface area contributed by atoms with Gasteiger partial charge in [-0.05, 0) is 18.9 Å². The second-order valence-electron chi connectivity index (χ2n) is 5.10. The van der Waals surface area contributed by atoms with Crippen LogP contribution in [0.15, 0.2) is 30.3 Å². The van der Waals surface area contributed by atoms with E-state index in [0.717, 1.165) is 13.0 Å². The fraction of sp³-hybridized carbons (Fsp3) is 0.500. The van der Waals surface area contributed by atoms with E-state index in [1.165, 1.54) is 12.5 Å². The summed E-state index contributed by atoms with van der Waals surface area (Å²) in [6, 6.07) is 10.2. The van der Waals surface area contributed by atoms with Crippen LogP contribution in [0.1, 0.15) is 38.3 Å². The van der Waals surface area contributed by atoms with Crippen molar-refractivity contribution in [3.05, 3.63) is 35.9 Å². The lowest BCUT2D eigenvalue weighted by Gasteiger charge is -2.29. The molecule has 0 saturated carbocycles. The molecule has 2 N–H and O–H groups in total. The molecule has 0 aliphatic rings. The number of carbonyl (C=O) groups excluding carboxylic acids is 1. The molecule has 1 atom stereocenters. The van der Waals surface area contributed by atoms with Crippen LogP contribution < -0.4 is 5.32 Å². The highest BCUT2D eigenvalue weighted by molar-refractivity contribution is 5.72. The molecule has 0 bridgehead atoms. The van der Waals surface area contributed by atoms with Crippen molar-refractivity contribution in [1.82, 2.24) is 10.2 Å². The van der Waals surface area contributed by atoms with Crippen molar-refractivity contribution >= 4 is 11.9 Å². The minimum Gasteiger partial charge on any atom is -0.481 e. The zero-order valence-electron chi connectivity index (χ0n) is 12.7. The maximum absolute atomic E-state index is 10.9. The van der Waals surface area contributed by atoms with Crippen LogP contribution in [0.5, 0.6) is 0 Å². The van der Waals surface area contributed by atoms with Crippen molar-refractivity contribution in [2.45, 2.75) is 32.7 Å². The summed E-state index contributed by atoms with van der Waals surface area (Å²) < 4.78 is 0. The minimum atomic E-state index is -0.790. The van der Waals surface area contributed by atoms with Gasteiger partial charge >= 0.3 is 5.97 Å². The number of nitrogens with one attached hydrogen (secondary N) is 1. The Labute approximate surface area is 126 Å². The van der Waals surface area contributed by atoms with E-state index < -0.39 is 5.97 Å². The number of carboxylic acids is 1. The summed E-state index contributed by atoms with van der Waals surface area (Å²) in [5, 5.41) is 11.6. The molecule has 1 aromatic rings. The lowest BCUT2D eigenvalue weighted by molar-refractivity contribution is -0.137. The van der Waals surface area contributed by atoms with Crippen molar-refractivity contribution < 1.29 is 14.7 Å². The van der Waals surface area contributed by atoms with Gasteiger partial charge in [-0.1, -0.05) is 30.3 Å². The van der Waals surface area contributed by atoms with Crippen LogP contribution in [-0.2, 0) is 9.59 Å². The van der Waals surface area contributed by atoms with Crippen LogP contribution in [0.2, 0.25) is 0 Å². The van der Waals surface area contributed by atoms with Crippen molar-refractivity contribution in [3.8, 4) is 0 Å². The van der Waals surface area contributed by atoms with Crippen molar-refractivity contribution in [3.63, 3.8) is 0 Å². The average Bonchev–Trinajstić information content (AvgIpc) is 2.46. The SMILES string of the molecule is CC(=O)NCCCN(CCC(=O)O)C(C)c1ccccc1. The molecule has 0 fully saturated rings. The second kappa shape index (κ2) is 9.13. The van der Waals surface area contributed by atoms with Crippen molar-refractivity contribution in [2.24, 2.45) is 0 Å². The number of hydrogen-bond donors (Lipinski definition) is 2. The molecule has 1 unspecified atom stereocenters. The van der Waals surface area contributed by atoms with E-state index in [2.05, 4.69) is 17.1 Å². The molecule has 1 rings (SSSR count). The molecule has 0 radical (unpaired) electrons. The summed E-state index contributed by atoms with van der Waals surface area (Å²) in [4.78, 5) is 23.8. The molecule has 21 heavy (non-hydrogen) atoms. The van der Waals surface area contributed by atoms with Crippen LogP contribution in [0, 0.1) is 0 Å². The highest BCUT2D eigenvalue weighted by Crippen LogP contribution is 2.20. The third-order valence-corrected chi connectivity index (χ3v) is 3.44. The summed E-state index contributed by atoms with van der Waals surface area (Å²) in [7, 11) is 0. The number of carbonyl (C=O) groups is 2. The van der Waals surface area contributed by atoms with Gasteiger partial charge in [0.25, 0.3) is 0 Å². The number of carboxylic acid groups (broad SMARTS) is 1. The van der Waals surface area contributed by atoms with Gasteiger partial charge in [0.1, 0.15) is 0 Å². The van der Waals surface area contributed by atoms with Gasteiger partial charge in [0.2, 0.25) is 5.91 Å². The van der Waals surface area contributed by atoms with Gasteiger partial charge in [-0.3, -0.25) is 14.5 Å². The molecule has 0 aromatic heterocycles. The Balaban J connectivity index is 2.58. The van der Waals surface area contributed by atoms with Gasteiger partial charge in [0.15, 0.2) is 0 Å². The minimum absolute atomic E-state index is 0.0387. The van der Waals surface area contributed by atoms with Crippen LogP contribution in [-0.4, -0.2) is 41.5 Å². The largest absolute Gasteiger partial charge is 0.481 e. The lowest BCUT2D eigenvalue weighted by atomic mass is 10.1. The smallest absolute Gasteiger partial charge is 0.304 e. The van der Waals surface area contributed by atoms with E-state index in [9.17, 15) is 9.59 Å². The molecule has 0 saturated heterocycles. The molecule has 1 aromatic carbocycles. The van der Waals surface area contributed by atoms with Gasteiger partial charge in [0.05, 0.1) is 6.42 Å². The number of hydrogen-bond acceptors (Lipinski definition) is 3. The summed E-state index contributed by atoms with van der Waals surface area (Å²) in [5.41, 5.74) is 1.17. The fourth-order valence-electron chi connectivity index (χ4n) is 2.23. The summed E-state index contributed by atoms with van der Waals surface area (Å²) >= 11 is 0. The van der Waals surface area contributed by atoms with Gasteiger partial charge in [-0.25, -0.2) is 0 Å². The van der Waals surface area contributed by atoms with Crippen molar-refractivity contribution in [1.29, 1.82) is 0 Å². The van der Waals surface area contributed by atoms with Crippen LogP contribution in [0.4, 0.5) is 0 Å². The third-order valence-electron chi connectivity index (χ3n) is 3.44. The zero-order valence-corrected chi connectivity index (χ0v) is 12.7. The maximum atomic E-state index is 10.9. The highest BCUT2D eigenvalue weighted by atomic mass is 16.4. The number of benzene rings is 1. The Bertz CT molecular complexity index is 448. The Morgan fingerprint density at radius 3 is 2.48 bits per heavy atom. The molecule has 5 nitrogen and oxygen atoms in total. The van der Waals surface area contributed by atoms with Gasteiger partial charge < -0.3 is 10.4 Å². The van der Waals surface area contributed by atoms with Crippen molar-refractivity contribution in [2.75, 3.05) is 19.6 Å². The van der Waals surface area contributed by atoms with Crippen LogP contribution in [0.25, 0.3) is 0 Å². The molecular formula is C16H24N2O3. The van der Waals surface area contributed by atoms with E-state index in [4.69, 9.17) is 5.11 Å². The Hall–Kier alpha value is -1.88. The first-order chi connectivity index (χ1) is 10.0. The molecule has 0 spiro atoms. The summed E-state index contributed by atoms with van der Waals surface area (Å²) in [5.74, 6) is -0.828. The molecule has 0 heterocycles. The number of amides is 1. The molecule has 5 heteroatoms. The Morgan fingerprint density at radius 2 is 1.90 bits per heavy atom. The van der Waals surface area contributed by atoms with Gasteiger partial charge in [0, 0.05) is 32.6 Å². The lowest BCUT2D eigenvalue weighted by Crippen LogP contribution is -2.32. The topological polar surface area (TPSA) is 69.6 Å². The first-order valence-electron chi connectivity index (χ1n) is 7.26. The van der Waals surface area contributed by atoms with E-state index in [0.29, 0.717) is 13.1 Å². The zero-order chi connectivity index (χ0) is 15.7. The highest BCUT2D eigenvalue weighted by Gasteiger charge is 2.16. The molecule has 1 amide bonds. The predicted octanol–water partition coefficient (Wildman–Crippen LogP) is 2.05. The predicted molar refractivity (Wildman–Crippen MR) is 82.0 cm³/mol. The summed E-state index contributed by atoms with van der Waals surface area (Å²) in [6.07, 6.45) is 0.924. The third kappa shape index (κ3) is 6.90. The van der Waals surface area contributed by atoms with E-state index in [1.54, 1.807) is 0 Å². The first-order valence-corrected chi connectivity index (χ1v) is 7.26. The van der Waals surface area contributed by atoms with Gasteiger partial charge in [-0.2, -0.15) is 0 Å². The monoisotopic (exact) mass is 292 g/mol. The fourth-order valence-corrected chi connectivity index (χ4v) is 2.23. The van der Waals surface area contributed by atoms with E-state index >= 15 is 0 Å². The van der Waals surface area contributed by atoms with E-state index in [-0.39, 0.29) is 18.4 Å². The number of rotatable bonds is 9. The quantitative estimate of drug-likeness (QED) is 0.683. The standard InChI is InChI=1S/C16H24N2O3/c1-13(15-7-4-3-5-8-15)18(12-9-16(20)21)11-6-10-17-14(2)19/h3-5,7-8,13H,6,9-12H2,1-2H3,(H,17,19)(H,20,21). The van der Waals surface area contributed by atoms with Crippen LogP contribution in [0.3, 0.4) is 0 Å². The number of nitrogens with zero attached hydrogens (tertiary/aromatic N) is 1. The molecule has 0 aliphatic heterocycles. The second-order valence-corrected chi connectivity index (χ2v) is 5.10. The average molecular weight is 292 g/mol. The first kappa shape index (κ1) is 17.2. The Morgan fingerprint density at radius 1 is 1.24 bits per heavy atom. The van der Waals surface area contributed by atoms with Crippen LogP contribution >= 0.6 is 0 Å². The summed E-state index contributed by atoms with van der Waals surface area (Å²) in [6.45, 7) is 5.44. The number of aliphatic carboxylic acids is 1. The molecule has 0 aliphatic carbocycles. The Kier molecular flexibility index (Phi) is 7.46. The normalized spacial score (nSPS) is 12.1. The molecular weight excluding hydrogens is 268 g/mol. The molecule has 116 valence electrons.